The zero-order valence-corrected chi connectivity index (χ0v) is 25.0. The van der Waals surface area contributed by atoms with E-state index in [9.17, 15) is 13.2 Å². The van der Waals surface area contributed by atoms with Crippen LogP contribution in [-0.2, 0) is 10.2 Å². The second kappa shape index (κ2) is 11.7. The fourth-order valence-corrected chi connectivity index (χ4v) is 8.46. The summed E-state index contributed by atoms with van der Waals surface area (Å²) in [5, 5.41) is 0. The van der Waals surface area contributed by atoms with Gasteiger partial charge in [-0.25, -0.2) is 9.11 Å². The van der Waals surface area contributed by atoms with Gasteiger partial charge in [0.15, 0.2) is 0 Å². The highest BCUT2D eigenvalue weighted by atomic mass is 32.2. The van der Waals surface area contributed by atoms with Crippen LogP contribution in [0.25, 0.3) is 0 Å². The molecule has 43 heavy (non-hydrogen) atoms. The zero-order valence-electron chi connectivity index (χ0n) is 24.2. The van der Waals surface area contributed by atoms with Crippen molar-refractivity contribution in [3.05, 3.63) is 101 Å². The highest BCUT2D eigenvalue weighted by Crippen LogP contribution is 2.47. The topological polar surface area (TPSA) is 79.0 Å². The molecule has 0 aromatic heterocycles. The van der Waals surface area contributed by atoms with Crippen LogP contribution in [0, 0.1) is 11.7 Å². The first-order chi connectivity index (χ1) is 20.9. The predicted octanol–water partition coefficient (Wildman–Crippen LogP) is 5.79. The number of benzene rings is 3. The van der Waals surface area contributed by atoms with E-state index in [0.717, 1.165) is 50.5 Å². The van der Waals surface area contributed by atoms with Gasteiger partial charge in [-0.05, 0) is 79.5 Å². The van der Waals surface area contributed by atoms with Crippen molar-refractivity contribution in [3.8, 4) is 5.75 Å². The third-order valence-corrected chi connectivity index (χ3v) is 11.1. The van der Waals surface area contributed by atoms with Crippen molar-refractivity contribution in [3.63, 3.8) is 0 Å². The molecule has 1 saturated carbocycles. The summed E-state index contributed by atoms with van der Waals surface area (Å²) < 4.78 is 49.6. The zero-order chi connectivity index (χ0) is 29.6. The first-order valence-corrected chi connectivity index (χ1v) is 17.0. The number of hydrogen-bond donors (Lipinski definition) is 1. The summed E-state index contributed by atoms with van der Waals surface area (Å²) in [6, 6.07) is 25.4. The number of nitrogens with zero attached hydrogens (tertiary/aromatic N) is 2. The number of amides is 1. The number of hydrogen-bond acceptors (Lipinski definition) is 5. The van der Waals surface area contributed by atoms with Gasteiger partial charge >= 0.3 is 10.2 Å². The maximum Gasteiger partial charge on any atom is 0.304 e. The van der Waals surface area contributed by atoms with Gasteiger partial charge in [-0.2, -0.15) is 12.7 Å². The Bertz CT molecular complexity index is 1520. The molecule has 4 aliphatic rings. The van der Waals surface area contributed by atoms with Crippen LogP contribution >= 0.6 is 0 Å². The Morgan fingerprint density at radius 3 is 2.05 bits per heavy atom. The van der Waals surface area contributed by atoms with E-state index in [1.165, 1.54) is 27.6 Å². The third-order valence-electron chi connectivity index (χ3n) is 9.63. The van der Waals surface area contributed by atoms with Crippen LogP contribution in [0.15, 0.2) is 72.8 Å². The van der Waals surface area contributed by atoms with Crippen molar-refractivity contribution in [2.24, 2.45) is 5.92 Å². The van der Waals surface area contributed by atoms with Crippen LogP contribution in [0.5, 0.6) is 5.75 Å². The van der Waals surface area contributed by atoms with E-state index in [2.05, 4.69) is 65.6 Å². The third kappa shape index (κ3) is 5.82. The number of fused-ring (bicyclic) bond motifs is 2. The quantitative estimate of drug-likeness (QED) is 0.317. The van der Waals surface area contributed by atoms with Gasteiger partial charge in [0.05, 0.1) is 18.2 Å². The summed E-state index contributed by atoms with van der Waals surface area (Å²) in [4.78, 5) is 15.5. The Morgan fingerprint density at radius 1 is 0.907 bits per heavy atom. The molecular formula is C34H38FN3O4S. The maximum atomic E-state index is 15.2. The van der Waals surface area contributed by atoms with E-state index in [1.54, 1.807) is 0 Å². The van der Waals surface area contributed by atoms with Gasteiger partial charge in [0, 0.05) is 31.2 Å². The SMILES string of the molecule is O=C(NS(=O)(=O)N1CCC1)c1cc(C2CC2)c(OCC2CC3CCC(C2)N3C(c2ccccc2)c2ccccc2)cc1F. The summed E-state index contributed by atoms with van der Waals surface area (Å²) in [7, 11) is -3.96. The Hall–Kier alpha value is -3.27. The number of rotatable bonds is 10. The summed E-state index contributed by atoms with van der Waals surface area (Å²) in [6.45, 7) is 1.23. The van der Waals surface area contributed by atoms with E-state index in [-0.39, 0.29) is 17.5 Å². The lowest BCUT2D eigenvalue weighted by Gasteiger charge is -2.44. The van der Waals surface area contributed by atoms with E-state index in [1.807, 2.05) is 4.72 Å². The van der Waals surface area contributed by atoms with Crippen molar-refractivity contribution in [2.45, 2.75) is 69.0 Å². The predicted molar refractivity (Wildman–Crippen MR) is 163 cm³/mol. The molecule has 226 valence electrons. The standard InChI is InChI=1S/C34H38FN3O4S/c35-31-21-32(29(24-12-13-24)20-30(31)34(39)36-43(40,41)37-16-7-17-37)42-22-23-18-27-14-15-28(19-23)38(27)33(25-8-3-1-4-9-25)26-10-5-2-6-11-26/h1-6,8-11,20-21,23-24,27-28,33H,7,12-19,22H2,(H,36,39). The van der Waals surface area contributed by atoms with Crippen LogP contribution in [0.1, 0.15) is 84.0 Å². The van der Waals surface area contributed by atoms with Crippen molar-refractivity contribution < 1.29 is 22.3 Å². The minimum absolute atomic E-state index is 0.199. The molecule has 1 N–H and O–H groups in total. The molecular weight excluding hydrogens is 565 g/mol. The van der Waals surface area contributed by atoms with Crippen LogP contribution in [0.2, 0.25) is 0 Å². The van der Waals surface area contributed by atoms with Gasteiger partial charge in [0.1, 0.15) is 11.6 Å². The molecule has 7 rings (SSSR count). The van der Waals surface area contributed by atoms with E-state index in [0.29, 0.717) is 43.4 Å². The average molecular weight is 604 g/mol. The molecule has 2 unspecified atom stereocenters. The first kappa shape index (κ1) is 28.5. The number of carbonyl (C=O) groups is 1. The lowest BCUT2D eigenvalue weighted by molar-refractivity contribution is 0.0560. The minimum atomic E-state index is -3.96. The second-order valence-electron chi connectivity index (χ2n) is 12.5. The molecule has 3 aromatic carbocycles. The van der Waals surface area contributed by atoms with Crippen LogP contribution < -0.4 is 9.46 Å². The largest absolute Gasteiger partial charge is 0.493 e. The fraction of sp³-hybridized carbons (Fsp3) is 0.441. The molecule has 1 aliphatic carbocycles. The van der Waals surface area contributed by atoms with Gasteiger partial charge in [0.25, 0.3) is 5.91 Å². The summed E-state index contributed by atoms with van der Waals surface area (Å²) >= 11 is 0. The highest BCUT2D eigenvalue weighted by molar-refractivity contribution is 7.87. The number of piperidine rings is 1. The summed E-state index contributed by atoms with van der Waals surface area (Å²) in [6.07, 6.45) is 6.98. The highest BCUT2D eigenvalue weighted by Gasteiger charge is 2.45. The molecule has 0 radical (unpaired) electrons. The molecule has 1 amide bonds. The van der Waals surface area contributed by atoms with Crippen LogP contribution in [0.4, 0.5) is 4.39 Å². The number of carbonyl (C=O) groups excluding carboxylic acids is 1. The molecule has 3 aromatic rings. The number of halogens is 1. The van der Waals surface area contributed by atoms with E-state index >= 15 is 4.39 Å². The summed E-state index contributed by atoms with van der Waals surface area (Å²) in [5.74, 6) is -0.680. The maximum absolute atomic E-state index is 15.2. The lowest BCUT2D eigenvalue weighted by atomic mass is 9.87. The van der Waals surface area contributed by atoms with Crippen molar-refractivity contribution in [2.75, 3.05) is 19.7 Å². The Kier molecular flexibility index (Phi) is 7.74. The van der Waals surface area contributed by atoms with E-state index < -0.39 is 21.9 Å². The lowest BCUT2D eigenvalue weighted by Crippen LogP contribution is -2.49. The van der Waals surface area contributed by atoms with Crippen molar-refractivity contribution >= 4 is 16.1 Å². The molecule has 0 spiro atoms. The molecule has 3 saturated heterocycles. The molecule has 3 aliphatic heterocycles. The van der Waals surface area contributed by atoms with Gasteiger partial charge in [-0.1, -0.05) is 60.7 Å². The number of ether oxygens (including phenoxy) is 1. The van der Waals surface area contributed by atoms with E-state index in [4.69, 9.17) is 4.74 Å². The average Bonchev–Trinajstić information content (AvgIpc) is 3.77. The molecule has 2 atom stereocenters. The van der Waals surface area contributed by atoms with Crippen LogP contribution in [0.3, 0.4) is 0 Å². The smallest absolute Gasteiger partial charge is 0.304 e. The van der Waals surface area contributed by atoms with Gasteiger partial charge < -0.3 is 4.74 Å². The monoisotopic (exact) mass is 603 g/mol. The molecule has 4 fully saturated rings. The van der Waals surface area contributed by atoms with Crippen molar-refractivity contribution in [1.82, 2.24) is 13.9 Å². The van der Waals surface area contributed by atoms with Gasteiger partial charge in [-0.3, -0.25) is 9.69 Å². The normalized spacial score (nSPS) is 24.1. The minimum Gasteiger partial charge on any atom is -0.493 e. The second-order valence-corrected chi connectivity index (χ2v) is 14.2. The van der Waals surface area contributed by atoms with Crippen molar-refractivity contribution in [1.29, 1.82) is 0 Å². The molecule has 3 heterocycles. The Morgan fingerprint density at radius 2 is 1.51 bits per heavy atom. The molecule has 9 heteroatoms. The van der Waals surface area contributed by atoms with Gasteiger partial charge in [0.2, 0.25) is 0 Å². The van der Waals surface area contributed by atoms with Gasteiger partial charge in [-0.15, -0.1) is 0 Å². The Labute approximate surface area is 253 Å². The first-order valence-electron chi connectivity index (χ1n) is 15.5. The van der Waals surface area contributed by atoms with Crippen LogP contribution in [-0.4, -0.2) is 55.3 Å². The number of nitrogens with one attached hydrogen (secondary N) is 1. The Balaban J connectivity index is 1.06. The summed E-state index contributed by atoms with van der Waals surface area (Å²) in [5.41, 5.74) is 3.16. The fourth-order valence-electron chi connectivity index (χ4n) is 7.25. The molecule has 2 bridgehead atoms. The molecule has 7 nitrogen and oxygen atoms in total.